The van der Waals surface area contributed by atoms with Crippen LogP contribution in [0.4, 0.5) is 11.4 Å². The number of benzene rings is 2. The summed E-state index contributed by atoms with van der Waals surface area (Å²) in [6.45, 7) is 5.72. The standard InChI is InChI=1S/C24H28N2O6S/c1-4-23(28)26-16(3)14-18-15-20(10-11-21(18)26)33(30,31)13-12-22(27)25-19-8-6-17(7-9-19)24(29)32-5-2/h6-11,15-16H,4-5,12-14H2,1-3H3,(H,25,27)/t16-/m0/s1. The Morgan fingerprint density at radius 3 is 2.42 bits per heavy atom. The molecule has 176 valence electrons. The summed E-state index contributed by atoms with van der Waals surface area (Å²) in [5.74, 6) is -1.24. The third-order valence-corrected chi connectivity index (χ3v) is 7.19. The molecule has 1 aliphatic rings. The van der Waals surface area contributed by atoms with Crippen LogP contribution in [-0.2, 0) is 30.6 Å². The van der Waals surface area contributed by atoms with Gasteiger partial charge >= 0.3 is 5.97 Å². The van der Waals surface area contributed by atoms with Gasteiger partial charge in [-0.05, 0) is 68.3 Å². The van der Waals surface area contributed by atoms with Gasteiger partial charge in [0.05, 0.1) is 22.8 Å². The lowest BCUT2D eigenvalue weighted by Gasteiger charge is -2.22. The fourth-order valence-corrected chi connectivity index (χ4v) is 5.11. The fourth-order valence-electron chi connectivity index (χ4n) is 3.82. The van der Waals surface area contributed by atoms with Crippen LogP contribution in [-0.4, -0.2) is 44.6 Å². The number of nitrogens with one attached hydrogen (secondary N) is 1. The number of sulfone groups is 1. The quantitative estimate of drug-likeness (QED) is 0.590. The summed E-state index contributed by atoms with van der Waals surface area (Å²) in [5.41, 5.74) is 2.38. The molecule has 33 heavy (non-hydrogen) atoms. The van der Waals surface area contributed by atoms with Crippen LogP contribution in [0.5, 0.6) is 0 Å². The summed E-state index contributed by atoms with van der Waals surface area (Å²) < 4.78 is 30.5. The van der Waals surface area contributed by atoms with Gasteiger partial charge in [0.25, 0.3) is 0 Å². The number of ether oxygens (including phenoxy) is 1. The number of esters is 1. The first-order chi connectivity index (χ1) is 15.7. The lowest BCUT2D eigenvalue weighted by molar-refractivity contribution is -0.118. The molecule has 0 aromatic heterocycles. The third kappa shape index (κ3) is 5.60. The van der Waals surface area contributed by atoms with Crippen molar-refractivity contribution in [3.63, 3.8) is 0 Å². The molecule has 1 heterocycles. The van der Waals surface area contributed by atoms with Crippen molar-refractivity contribution in [1.82, 2.24) is 0 Å². The zero-order valence-corrected chi connectivity index (χ0v) is 19.8. The molecule has 0 radical (unpaired) electrons. The number of anilines is 2. The van der Waals surface area contributed by atoms with Crippen molar-refractivity contribution >= 4 is 39.0 Å². The second kappa shape index (κ2) is 10.2. The zero-order valence-electron chi connectivity index (χ0n) is 19.0. The van der Waals surface area contributed by atoms with Crippen molar-refractivity contribution in [1.29, 1.82) is 0 Å². The van der Waals surface area contributed by atoms with E-state index in [1.807, 2.05) is 6.92 Å². The highest BCUT2D eigenvalue weighted by Crippen LogP contribution is 2.34. The van der Waals surface area contributed by atoms with E-state index in [-0.39, 0.29) is 35.6 Å². The number of carbonyl (C=O) groups is 3. The minimum atomic E-state index is -3.68. The summed E-state index contributed by atoms with van der Waals surface area (Å²) in [6.07, 6.45) is 0.757. The fraction of sp³-hybridized carbons (Fsp3) is 0.375. The number of hydrogen-bond acceptors (Lipinski definition) is 6. The highest BCUT2D eigenvalue weighted by Gasteiger charge is 2.31. The molecule has 8 nitrogen and oxygen atoms in total. The Bertz CT molecular complexity index is 1160. The second-order valence-corrected chi connectivity index (χ2v) is 9.98. The van der Waals surface area contributed by atoms with Gasteiger partial charge in [-0.15, -0.1) is 0 Å². The van der Waals surface area contributed by atoms with Crippen LogP contribution in [0, 0.1) is 0 Å². The number of nitrogens with zero attached hydrogens (tertiary/aromatic N) is 1. The van der Waals surface area contributed by atoms with Crippen LogP contribution < -0.4 is 10.2 Å². The monoisotopic (exact) mass is 472 g/mol. The molecule has 0 fully saturated rings. The van der Waals surface area contributed by atoms with E-state index in [4.69, 9.17) is 4.74 Å². The van der Waals surface area contributed by atoms with Crippen molar-refractivity contribution in [2.45, 2.75) is 51.0 Å². The van der Waals surface area contributed by atoms with E-state index in [2.05, 4.69) is 5.32 Å². The van der Waals surface area contributed by atoms with Crippen LogP contribution in [0.25, 0.3) is 0 Å². The first-order valence-corrected chi connectivity index (χ1v) is 12.6. The highest BCUT2D eigenvalue weighted by molar-refractivity contribution is 7.91. The molecule has 0 bridgehead atoms. The SMILES string of the molecule is CCOC(=O)c1ccc(NC(=O)CCS(=O)(=O)c2ccc3c(c2)C[C@H](C)N3C(=O)CC)cc1. The van der Waals surface area contributed by atoms with Crippen molar-refractivity contribution in [2.24, 2.45) is 0 Å². The number of fused-ring (bicyclic) bond motifs is 1. The molecule has 3 rings (SSSR count). The number of hydrogen-bond donors (Lipinski definition) is 1. The smallest absolute Gasteiger partial charge is 0.338 e. The molecular formula is C24H28N2O6S. The summed E-state index contributed by atoms with van der Waals surface area (Å²) in [4.78, 5) is 38.0. The van der Waals surface area contributed by atoms with Crippen LogP contribution in [0.2, 0.25) is 0 Å². The minimum Gasteiger partial charge on any atom is -0.462 e. The van der Waals surface area contributed by atoms with Gasteiger partial charge in [0.15, 0.2) is 9.84 Å². The molecule has 1 atom stereocenters. The van der Waals surface area contributed by atoms with E-state index >= 15 is 0 Å². The van der Waals surface area contributed by atoms with E-state index < -0.39 is 21.7 Å². The lowest BCUT2D eigenvalue weighted by Crippen LogP contribution is -2.35. The molecule has 0 saturated carbocycles. The van der Waals surface area contributed by atoms with Crippen LogP contribution in [0.15, 0.2) is 47.4 Å². The van der Waals surface area contributed by atoms with Gasteiger partial charge in [-0.25, -0.2) is 13.2 Å². The molecule has 1 aliphatic heterocycles. The normalized spacial score (nSPS) is 15.1. The number of amides is 2. The van der Waals surface area contributed by atoms with Crippen molar-refractivity contribution in [2.75, 3.05) is 22.6 Å². The Labute approximate surface area is 193 Å². The van der Waals surface area contributed by atoms with Gasteiger partial charge < -0.3 is 15.0 Å². The molecule has 0 unspecified atom stereocenters. The van der Waals surface area contributed by atoms with E-state index in [9.17, 15) is 22.8 Å². The zero-order chi connectivity index (χ0) is 24.2. The molecule has 2 aromatic rings. The van der Waals surface area contributed by atoms with Crippen molar-refractivity contribution in [3.8, 4) is 0 Å². The molecular weight excluding hydrogens is 444 g/mol. The Morgan fingerprint density at radius 1 is 1.09 bits per heavy atom. The average Bonchev–Trinajstić information content (AvgIpc) is 3.13. The maximum Gasteiger partial charge on any atom is 0.338 e. The molecule has 2 aromatic carbocycles. The highest BCUT2D eigenvalue weighted by atomic mass is 32.2. The van der Waals surface area contributed by atoms with Gasteiger partial charge in [-0.3, -0.25) is 9.59 Å². The largest absolute Gasteiger partial charge is 0.462 e. The van der Waals surface area contributed by atoms with E-state index in [0.717, 1.165) is 11.3 Å². The third-order valence-electron chi connectivity index (χ3n) is 5.47. The van der Waals surface area contributed by atoms with Gasteiger partial charge in [-0.2, -0.15) is 0 Å². The van der Waals surface area contributed by atoms with Gasteiger partial charge in [-0.1, -0.05) is 6.92 Å². The molecule has 0 aliphatic carbocycles. The maximum absolute atomic E-state index is 12.8. The molecule has 2 amide bonds. The summed E-state index contributed by atoms with van der Waals surface area (Å²) in [6, 6.07) is 10.9. The second-order valence-electron chi connectivity index (χ2n) is 7.88. The number of rotatable bonds is 8. The van der Waals surface area contributed by atoms with Crippen LogP contribution in [0.1, 0.15) is 49.5 Å². The van der Waals surface area contributed by atoms with E-state index in [0.29, 0.717) is 24.1 Å². The summed E-state index contributed by atoms with van der Waals surface area (Å²) in [5, 5.41) is 2.64. The summed E-state index contributed by atoms with van der Waals surface area (Å²) in [7, 11) is -3.68. The maximum atomic E-state index is 12.8. The van der Waals surface area contributed by atoms with E-state index in [1.165, 1.54) is 18.2 Å². The molecule has 0 spiro atoms. The Kier molecular flexibility index (Phi) is 7.53. The Hall–Kier alpha value is -3.20. The first-order valence-electron chi connectivity index (χ1n) is 10.9. The van der Waals surface area contributed by atoms with E-state index in [1.54, 1.807) is 43.0 Å². The molecule has 1 N–H and O–H groups in total. The Balaban J connectivity index is 1.62. The Morgan fingerprint density at radius 2 is 1.79 bits per heavy atom. The van der Waals surface area contributed by atoms with Gasteiger partial charge in [0.1, 0.15) is 0 Å². The minimum absolute atomic E-state index is 0.00353. The van der Waals surface area contributed by atoms with Gasteiger partial charge in [0, 0.05) is 30.3 Å². The van der Waals surface area contributed by atoms with Crippen molar-refractivity contribution in [3.05, 3.63) is 53.6 Å². The topological polar surface area (TPSA) is 110 Å². The van der Waals surface area contributed by atoms with Crippen LogP contribution >= 0.6 is 0 Å². The van der Waals surface area contributed by atoms with Crippen molar-refractivity contribution < 1.29 is 27.5 Å². The summed E-state index contributed by atoms with van der Waals surface area (Å²) >= 11 is 0. The molecule has 0 saturated heterocycles. The van der Waals surface area contributed by atoms with Gasteiger partial charge in [0.2, 0.25) is 11.8 Å². The first kappa shape index (κ1) is 24.4. The predicted octanol–water partition coefficient (Wildman–Crippen LogP) is 3.35. The predicted molar refractivity (Wildman–Crippen MR) is 125 cm³/mol. The van der Waals surface area contributed by atoms with Crippen LogP contribution in [0.3, 0.4) is 0 Å². The molecule has 9 heteroatoms. The number of carbonyl (C=O) groups excluding carboxylic acids is 3. The lowest BCUT2D eigenvalue weighted by atomic mass is 10.1. The average molecular weight is 473 g/mol.